The Kier molecular flexibility index (Phi) is 1.74. The van der Waals surface area contributed by atoms with Crippen molar-refractivity contribution < 1.29 is 25.9 Å². The number of fused-ring (bicyclic) bond motifs is 1. The Balaban J connectivity index is 2.31. The third-order valence-electron chi connectivity index (χ3n) is 1.87. The average Bonchev–Trinajstić information content (AvgIpc) is 2.55. The maximum Gasteiger partial charge on any atom is 0.337 e. The third-order valence-corrected chi connectivity index (χ3v) is 1.87. The first-order valence-electron chi connectivity index (χ1n) is 4.46. The van der Waals surface area contributed by atoms with Gasteiger partial charge in [-0.05, 0) is 17.7 Å². The highest BCUT2D eigenvalue weighted by Crippen LogP contribution is 2.34. The number of aliphatic hydroxyl groups excluding tert-OH is 1. The Morgan fingerprint density at radius 3 is 2.93 bits per heavy atom. The first kappa shape index (κ1) is 7.64. The number of ether oxygens (including phenoxy) is 2. The van der Waals surface area contributed by atoms with E-state index in [0.29, 0.717) is 5.75 Å². The molecule has 1 aliphatic heterocycles. The molecule has 0 fully saturated rings. The van der Waals surface area contributed by atoms with E-state index in [2.05, 4.69) is 0 Å². The van der Waals surface area contributed by atoms with E-state index in [-0.39, 0.29) is 11.3 Å². The molecular weight excluding hydrogens is 188 g/mol. The number of hydrogen-bond acceptors (Lipinski definition) is 4. The zero-order valence-corrected chi connectivity index (χ0v) is 7.01. The van der Waals surface area contributed by atoms with Crippen molar-refractivity contribution in [3.05, 3.63) is 23.8 Å². The van der Waals surface area contributed by atoms with Gasteiger partial charge in [0.05, 0.1) is 0 Å². The number of benzene rings is 1. The van der Waals surface area contributed by atoms with E-state index >= 15 is 0 Å². The maximum absolute atomic E-state index is 10.5. The Labute approximate surface area is 80.9 Å². The molecule has 1 aromatic rings. The van der Waals surface area contributed by atoms with E-state index in [9.17, 15) is 9.90 Å². The van der Waals surface area contributed by atoms with Crippen molar-refractivity contribution in [2.45, 2.75) is 6.10 Å². The van der Waals surface area contributed by atoms with Crippen LogP contribution in [-0.2, 0) is 4.79 Å². The lowest BCUT2D eigenvalue weighted by Crippen LogP contribution is -2.10. The smallest absolute Gasteiger partial charge is 0.337 e. The SMILES string of the molecule is [2H]C1Oc2ccc([C@H](O)C(=O)O)cc2O1. The quantitative estimate of drug-likeness (QED) is 0.723. The van der Waals surface area contributed by atoms with Crippen molar-refractivity contribution in [3.63, 3.8) is 0 Å². The Hall–Kier alpha value is -1.75. The number of hydrogen-bond donors (Lipinski definition) is 2. The molecule has 5 heteroatoms. The van der Waals surface area contributed by atoms with Crippen molar-refractivity contribution in [1.29, 1.82) is 0 Å². The number of aliphatic hydroxyl groups is 1. The Bertz CT molecular complexity index is 405. The third kappa shape index (κ3) is 1.38. The fourth-order valence-corrected chi connectivity index (χ4v) is 1.15. The molecule has 0 spiro atoms. The standard InChI is InChI=1S/C9H8O5/c10-8(9(11)12)5-1-2-6-7(3-5)14-4-13-6/h1-3,8,10H,4H2,(H,11,12)/t8-/m0/s1/i4D/t4?,8-. The second-order valence-corrected chi connectivity index (χ2v) is 2.78. The normalized spacial score (nSPS) is 21.5. The molecule has 5 nitrogen and oxygen atoms in total. The molecule has 2 rings (SSSR count). The minimum Gasteiger partial charge on any atom is -0.479 e. The van der Waals surface area contributed by atoms with Gasteiger partial charge in [0.2, 0.25) is 6.77 Å². The van der Waals surface area contributed by atoms with Crippen molar-refractivity contribution in [2.75, 3.05) is 6.77 Å². The van der Waals surface area contributed by atoms with Gasteiger partial charge in [0, 0.05) is 0 Å². The molecule has 0 saturated heterocycles. The molecule has 1 aromatic carbocycles. The molecule has 74 valence electrons. The van der Waals surface area contributed by atoms with Crippen LogP contribution in [0.25, 0.3) is 0 Å². The second-order valence-electron chi connectivity index (χ2n) is 2.78. The monoisotopic (exact) mass is 197 g/mol. The van der Waals surface area contributed by atoms with Crippen LogP contribution in [0, 0.1) is 0 Å². The highest BCUT2D eigenvalue weighted by atomic mass is 16.7. The Morgan fingerprint density at radius 1 is 1.50 bits per heavy atom. The molecule has 2 N–H and O–H groups in total. The average molecular weight is 197 g/mol. The lowest BCUT2D eigenvalue weighted by atomic mass is 10.1. The van der Waals surface area contributed by atoms with Gasteiger partial charge in [-0.1, -0.05) is 6.07 Å². The number of carboxylic acid groups (broad SMARTS) is 1. The van der Waals surface area contributed by atoms with Gasteiger partial charge < -0.3 is 19.7 Å². The summed E-state index contributed by atoms with van der Waals surface area (Å²) in [6.45, 7) is -1.13. The van der Waals surface area contributed by atoms with Crippen LogP contribution in [0.15, 0.2) is 18.2 Å². The Morgan fingerprint density at radius 2 is 2.21 bits per heavy atom. The lowest BCUT2D eigenvalue weighted by molar-refractivity contribution is -0.146. The van der Waals surface area contributed by atoms with Crippen LogP contribution in [0.2, 0.25) is 0 Å². The minimum atomic E-state index is -1.59. The van der Waals surface area contributed by atoms with E-state index < -0.39 is 18.8 Å². The van der Waals surface area contributed by atoms with Gasteiger partial charge in [-0.25, -0.2) is 4.79 Å². The summed E-state index contributed by atoms with van der Waals surface area (Å²) >= 11 is 0. The van der Waals surface area contributed by atoms with Crippen LogP contribution in [0.3, 0.4) is 0 Å². The molecule has 1 unspecified atom stereocenters. The number of carboxylic acids is 1. The zero-order chi connectivity index (χ0) is 11.0. The second kappa shape index (κ2) is 3.19. The van der Waals surface area contributed by atoms with Gasteiger partial charge >= 0.3 is 5.97 Å². The number of carbonyl (C=O) groups is 1. The summed E-state index contributed by atoms with van der Waals surface area (Å²) in [6, 6.07) is 4.23. The molecule has 0 radical (unpaired) electrons. The summed E-state index contributed by atoms with van der Waals surface area (Å²) in [6.07, 6.45) is -1.59. The highest BCUT2D eigenvalue weighted by molar-refractivity contribution is 5.74. The van der Waals surface area contributed by atoms with Crippen molar-refractivity contribution >= 4 is 5.97 Å². The molecule has 0 bridgehead atoms. The van der Waals surface area contributed by atoms with Crippen molar-refractivity contribution in [3.8, 4) is 11.5 Å². The van der Waals surface area contributed by atoms with Crippen molar-refractivity contribution in [2.24, 2.45) is 0 Å². The van der Waals surface area contributed by atoms with Gasteiger partial charge in [-0.3, -0.25) is 0 Å². The zero-order valence-electron chi connectivity index (χ0n) is 8.01. The summed E-state index contributed by atoms with van der Waals surface area (Å²) in [4.78, 5) is 10.5. The summed E-state index contributed by atoms with van der Waals surface area (Å²) in [7, 11) is 0. The van der Waals surface area contributed by atoms with Crippen LogP contribution in [0.1, 0.15) is 13.0 Å². The largest absolute Gasteiger partial charge is 0.479 e. The van der Waals surface area contributed by atoms with Gasteiger partial charge in [0.1, 0.15) is 1.37 Å². The van der Waals surface area contributed by atoms with Crippen LogP contribution in [-0.4, -0.2) is 23.0 Å². The van der Waals surface area contributed by atoms with Gasteiger partial charge in [-0.2, -0.15) is 0 Å². The van der Waals surface area contributed by atoms with E-state index in [4.69, 9.17) is 16.0 Å². The molecule has 0 amide bonds. The summed E-state index contributed by atoms with van der Waals surface area (Å²) in [5, 5.41) is 17.8. The fourth-order valence-electron chi connectivity index (χ4n) is 1.15. The molecule has 0 aromatic heterocycles. The predicted molar refractivity (Wildman–Crippen MR) is 45.2 cm³/mol. The van der Waals surface area contributed by atoms with E-state index in [1.54, 1.807) is 0 Å². The highest BCUT2D eigenvalue weighted by Gasteiger charge is 2.20. The molecule has 0 aliphatic carbocycles. The molecule has 2 atom stereocenters. The van der Waals surface area contributed by atoms with Crippen LogP contribution in [0.4, 0.5) is 0 Å². The van der Waals surface area contributed by atoms with E-state index in [0.717, 1.165) is 0 Å². The van der Waals surface area contributed by atoms with Crippen LogP contribution in [0.5, 0.6) is 11.5 Å². The summed E-state index contributed by atoms with van der Waals surface area (Å²) in [5.74, 6) is -0.694. The summed E-state index contributed by atoms with van der Waals surface area (Å²) in [5.41, 5.74) is 0.193. The van der Waals surface area contributed by atoms with E-state index in [1.807, 2.05) is 0 Å². The van der Waals surface area contributed by atoms with Gasteiger partial charge in [0.15, 0.2) is 17.6 Å². The van der Waals surface area contributed by atoms with Gasteiger partial charge in [-0.15, -0.1) is 0 Å². The van der Waals surface area contributed by atoms with Gasteiger partial charge in [0.25, 0.3) is 0 Å². The van der Waals surface area contributed by atoms with E-state index in [1.165, 1.54) is 18.2 Å². The lowest BCUT2D eigenvalue weighted by Gasteiger charge is -2.05. The maximum atomic E-state index is 10.5. The molecule has 0 saturated carbocycles. The van der Waals surface area contributed by atoms with Crippen LogP contribution < -0.4 is 9.47 Å². The van der Waals surface area contributed by atoms with Crippen LogP contribution >= 0.6 is 0 Å². The molecule has 14 heavy (non-hydrogen) atoms. The number of rotatable bonds is 2. The first-order chi connectivity index (χ1) is 7.08. The predicted octanol–water partition coefficient (Wildman–Crippen LogP) is 0.533. The molecular formula is C9H8O5. The number of aliphatic carboxylic acids is 1. The molecule has 1 heterocycles. The first-order valence-corrected chi connectivity index (χ1v) is 3.88. The fraction of sp³-hybridized carbons (Fsp3) is 0.222. The summed E-state index contributed by atoms with van der Waals surface area (Å²) < 4.78 is 17.0. The topological polar surface area (TPSA) is 76.0 Å². The van der Waals surface area contributed by atoms with Crippen molar-refractivity contribution in [1.82, 2.24) is 0 Å². The molecule has 1 aliphatic rings. The minimum absolute atomic E-state index is 0.193.